The number of amides is 1. The van der Waals surface area contributed by atoms with Crippen LogP contribution in [-0.2, 0) is 26.9 Å². The number of likely N-dealkylation sites (tertiary alicyclic amines) is 1. The Labute approximate surface area is 227 Å². The minimum atomic E-state index is -4.92. The van der Waals surface area contributed by atoms with Crippen molar-refractivity contribution in [3.05, 3.63) is 94.0 Å². The van der Waals surface area contributed by atoms with Gasteiger partial charge in [-0.3, -0.25) is 0 Å². The quantitative estimate of drug-likeness (QED) is 0.360. The predicted octanol–water partition coefficient (Wildman–Crippen LogP) is 6.11. The summed E-state index contributed by atoms with van der Waals surface area (Å²) < 4.78 is 76.0. The smallest absolute Gasteiger partial charge is 0.445 e. The number of rotatable bonds is 7. The van der Waals surface area contributed by atoms with E-state index in [1.165, 1.54) is 17.0 Å². The van der Waals surface area contributed by atoms with Crippen molar-refractivity contribution >= 4 is 39.3 Å². The van der Waals surface area contributed by atoms with Crippen molar-refractivity contribution in [2.45, 2.75) is 29.8 Å². The lowest BCUT2D eigenvalue weighted by atomic mass is 9.90. The van der Waals surface area contributed by atoms with Crippen LogP contribution in [0.4, 0.5) is 18.0 Å². The molecule has 202 valence electrons. The Balaban J connectivity index is 1.58. The van der Waals surface area contributed by atoms with Gasteiger partial charge in [-0.05, 0) is 53.9 Å². The second-order valence-corrected chi connectivity index (χ2v) is 11.0. The number of nitrogens with zero attached hydrogens (tertiary/aromatic N) is 1. The van der Waals surface area contributed by atoms with Crippen molar-refractivity contribution in [2.75, 3.05) is 13.1 Å². The van der Waals surface area contributed by atoms with Crippen LogP contribution in [0.1, 0.15) is 17.5 Å². The van der Waals surface area contributed by atoms with Crippen molar-refractivity contribution in [3.63, 3.8) is 0 Å². The van der Waals surface area contributed by atoms with Gasteiger partial charge in [-0.2, -0.15) is 4.72 Å². The van der Waals surface area contributed by atoms with Crippen LogP contribution < -0.4 is 9.46 Å². The van der Waals surface area contributed by atoms with Gasteiger partial charge in [0.2, 0.25) is 10.0 Å². The molecule has 0 saturated carbocycles. The van der Waals surface area contributed by atoms with Crippen molar-refractivity contribution in [1.82, 2.24) is 9.62 Å². The van der Waals surface area contributed by atoms with Crippen molar-refractivity contribution < 1.29 is 35.9 Å². The van der Waals surface area contributed by atoms with Gasteiger partial charge in [0.1, 0.15) is 12.4 Å². The monoisotopic (exact) mass is 588 g/mol. The van der Waals surface area contributed by atoms with Gasteiger partial charge in [0.15, 0.2) is 0 Å². The Bertz CT molecular complexity index is 1410. The Morgan fingerprint density at radius 2 is 1.68 bits per heavy atom. The van der Waals surface area contributed by atoms with Gasteiger partial charge >= 0.3 is 12.5 Å². The molecule has 1 aliphatic heterocycles. The Morgan fingerprint density at radius 3 is 2.32 bits per heavy atom. The maximum absolute atomic E-state index is 13.3. The molecule has 0 radical (unpaired) electrons. The van der Waals surface area contributed by atoms with E-state index in [0.29, 0.717) is 5.56 Å². The molecule has 1 saturated heterocycles. The van der Waals surface area contributed by atoms with E-state index >= 15 is 0 Å². The molecule has 1 heterocycles. The number of carbonyl (C=O) groups excluding carboxylic acids is 1. The lowest BCUT2D eigenvalue weighted by Gasteiger charge is -2.31. The van der Waals surface area contributed by atoms with E-state index in [2.05, 4.69) is 9.46 Å². The molecule has 13 heteroatoms. The van der Waals surface area contributed by atoms with Crippen LogP contribution in [0.3, 0.4) is 0 Å². The highest BCUT2D eigenvalue weighted by Crippen LogP contribution is 2.37. The molecular weight excluding hydrogens is 568 g/mol. The van der Waals surface area contributed by atoms with E-state index in [1.54, 1.807) is 18.2 Å². The van der Waals surface area contributed by atoms with Gasteiger partial charge in [-0.15, -0.1) is 13.2 Å². The first-order valence-electron chi connectivity index (χ1n) is 11.2. The third kappa shape index (κ3) is 6.71. The zero-order valence-corrected chi connectivity index (χ0v) is 21.9. The second kappa shape index (κ2) is 11.0. The van der Waals surface area contributed by atoms with Gasteiger partial charge in [0.05, 0.1) is 20.5 Å². The number of ether oxygens (including phenoxy) is 2. The molecule has 1 fully saturated rings. The summed E-state index contributed by atoms with van der Waals surface area (Å²) in [4.78, 5) is 13.9. The molecule has 0 unspecified atom stereocenters. The largest absolute Gasteiger partial charge is 0.573 e. The highest BCUT2D eigenvalue weighted by Gasteiger charge is 2.45. The van der Waals surface area contributed by atoms with Crippen LogP contribution >= 0.6 is 23.2 Å². The summed E-state index contributed by atoms with van der Waals surface area (Å²) in [5.41, 5.74) is -0.0831. The maximum Gasteiger partial charge on any atom is 0.573 e. The summed E-state index contributed by atoms with van der Waals surface area (Å²) >= 11 is 12.3. The second-order valence-electron chi connectivity index (χ2n) is 8.55. The topological polar surface area (TPSA) is 84.9 Å². The standard InChI is InChI=1S/C25H21Cl2F3N2O5S/c26-21-11-6-18(14-22(21)27)24(12-13-32(16-24)23(33)36-15-17-4-2-1-3-5-17)31-38(34,35)20-9-7-19(8-10-20)37-25(28,29)30/h1-11,14,31H,12-13,15-16H2/t24-/m1/s1. The number of alkyl halides is 3. The molecular formula is C25H21Cl2F3N2O5S. The highest BCUT2D eigenvalue weighted by atomic mass is 35.5. The fourth-order valence-electron chi connectivity index (χ4n) is 4.08. The zero-order chi connectivity index (χ0) is 27.6. The first-order chi connectivity index (χ1) is 17.9. The van der Waals surface area contributed by atoms with E-state index < -0.39 is 33.8 Å². The summed E-state index contributed by atoms with van der Waals surface area (Å²) in [6.07, 6.45) is -5.39. The van der Waals surface area contributed by atoms with E-state index in [1.807, 2.05) is 18.2 Å². The first-order valence-corrected chi connectivity index (χ1v) is 13.4. The van der Waals surface area contributed by atoms with Gasteiger partial charge in [0.25, 0.3) is 0 Å². The van der Waals surface area contributed by atoms with Crippen LogP contribution in [0, 0.1) is 0 Å². The number of sulfonamides is 1. The first kappa shape index (κ1) is 28.0. The summed E-state index contributed by atoms with van der Waals surface area (Å²) in [5.74, 6) is -0.566. The molecule has 0 aliphatic carbocycles. The molecule has 0 aromatic heterocycles. The number of carbonyl (C=O) groups is 1. The zero-order valence-electron chi connectivity index (χ0n) is 19.5. The van der Waals surface area contributed by atoms with E-state index in [0.717, 1.165) is 29.8 Å². The Morgan fingerprint density at radius 1 is 1.00 bits per heavy atom. The molecule has 3 aromatic carbocycles. The third-order valence-corrected chi connectivity index (χ3v) is 8.19. The molecule has 38 heavy (non-hydrogen) atoms. The van der Waals surface area contributed by atoms with E-state index in [9.17, 15) is 26.4 Å². The van der Waals surface area contributed by atoms with Crippen molar-refractivity contribution in [1.29, 1.82) is 0 Å². The van der Waals surface area contributed by atoms with Crippen LogP contribution in [0.15, 0.2) is 77.7 Å². The summed E-state index contributed by atoms with van der Waals surface area (Å²) in [6, 6.07) is 17.4. The minimum absolute atomic E-state index is 0.0357. The molecule has 4 rings (SSSR count). The number of hydrogen-bond donors (Lipinski definition) is 1. The van der Waals surface area contributed by atoms with Crippen LogP contribution in [0.5, 0.6) is 5.75 Å². The van der Waals surface area contributed by atoms with E-state index in [-0.39, 0.29) is 41.1 Å². The molecule has 7 nitrogen and oxygen atoms in total. The summed E-state index contributed by atoms with van der Waals surface area (Å²) in [6.45, 7) is 0.107. The molecule has 1 amide bonds. The molecule has 1 aliphatic rings. The van der Waals surface area contributed by atoms with Crippen LogP contribution in [0.2, 0.25) is 10.0 Å². The highest BCUT2D eigenvalue weighted by molar-refractivity contribution is 7.89. The number of benzene rings is 3. The Kier molecular flexibility index (Phi) is 8.12. The lowest BCUT2D eigenvalue weighted by molar-refractivity contribution is -0.274. The molecule has 1 N–H and O–H groups in total. The molecule has 0 spiro atoms. The fraction of sp³-hybridized carbons (Fsp3) is 0.240. The normalized spacial score (nSPS) is 17.9. The van der Waals surface area contributed by atoms with Crippen LogP contribution in [-0.4, -0.2) is 38.9 Å². The number of halogens is 5. The van der Waals surface area contributed by atoms with Gasteiger partial charge in [0, 0.05) is 13.1 Å². The predicted molar refractivity (Wildman–Crippen MR) is 134 cm³/mol. The third-order valence-electron chi connectivity index (χ3n) is 5.90. The molecule has 0 bridgehead atoms. The SMILES string of the molecule is O=C(OCc1ccccc1)N1CC[C@](NS(=O)(=O)c2ccc(OC(F)(F)F)cc2)(c2ccc(Cl)c(Cl)c2)C1. The Hall–Kier alpha value is -2.99. The lowest BCUT2D eigenvalue weighted by Crippen LogP contribution is -2.48. The van der Waals surface area contributed by atoms with Gasteiger partial charge in [-0.25, -0.2) is 13.2 Å². The number of hydrogen-bond acceptors (Lipinski definition) is 5. The summed E-state index contributed by atoms with van der Waals surface area (Å²) in [7, 11) is -4.28. The minimum Gasteiger partial charge on any atom is -0.445 e. The average molecular weight is 589 g/mol. The van der Waals surface area contributed by atoms with Gasteiger partial charge < -0.3 is 14.4 Å². The van der Waals surface area contributed by atoms with Crippen molar-refractivity contribution in [2.24, 2.45) is 0 Å². The summed E-state index contributed by atoms with van der Waals surface area (Å²) in [5, 5.41) is 0.437. The maximum atomic E-state index is 13.3. The number of nitrogens with one attached hydrogen (secondary N) is 1. The van der Waals surface area contributed by atoms with Crippen LogP contribution in [0.25, 0.3) is 0 Å². The van der Waals surface area contributed by atoms with Crippen molar-refractivity contribution in [3.8, 4) is 5.75 Å². The fourth-order valence-corrected chi connectivity index (χ4v) is 5.79. The van der Waals surface area contributed by atoms with Gasteiger partial charge in [-0.1, -0.05) is 59.6 Å². The molecule has 3 aromatic rings. The average Bonchev–Trinajstić information content (AvgIpc) is 3.29. The van der Waals surface area contributed by atoms with E-state index in [4.69, 9.17) is 27.9 Å². The molecule has 1 atom stereocenters.